The second kappa shape index (κ2) is 10.0. The third kappa shape index (κ3) is 5.59. The molecule has 3 aromatic carbocycles. The molecule has 0 fully saturated rings. The SMILES string of the molecule is C[C@@H](C(=O)Nc1nnc(-c2ccccc2)s1)N(c1ccc(Oc2ccccc2)cc1)S(C)(=O)=O. The molecule has 0 bridgehead atoms. The van der Waals surface area contributed by atoms with Crippen LogP contribution in [0.2, 0.25) is 0 Å². The van der Waals surface area contributed by atoms with Crippen molar-refractivity contribution in [2.45, 2.75) is 13.0 Å². The van der Waals surface area contributed by atoms with Gasteiger partial charge in [-0.15, -0.1) is 10.2 Å². The third-order valence-corrected chi connectivity index (χ3v) is 6.96. The van der Waals surface area contributed by atoms with E-state index in [2.05, 4.69) is 15.5 Å². The molecule has 1 atom stereocenters. The molecule has 34 heavy (non-hydrogen) atoms. The minimum absolute atomic E-state index is 0.288. The lowest BCUT2D eigenvalue weighted by atomic mass is 10.2. The average Bonchev–Trinajstić information content (AvgIpc) is 3.29. The number of hydrogen-bond acceptors (Lipinski definition) is 7. The number of ether oxygens (including phenoxy) is 1. The van der Waals surface area contributed by atoms with E-state index in [9.17, 15) is 13.2 Å². The highest BCUT2D eigenvalue weighted by Crippen LogP contribution is 2.29. The van der Waals surface area contributed by atoms with Crippen LogP contribution in [0.1, 0.15) is 6.92 Å². The van der Waals surface area contributed by atoms with Crippen LogP contribution in [0.15, 0.2) is 84.9 Å². The van der Waals surface area contributed by atoms with E-state index in [1.54, 1.807) is 24.3 Å². The van der Waals surface area contributed by atoms with Gasteiger partial charge in [0.1, 0.15) is 22.5 Å². The zero-order valence-corrected chi connectivity index (χ0v) is 20.1. The lowest BCUT2D eigenvalue weighted by molar-refractivity contribution is -0.116. The van der Waals surface area contributed by atoms with E-state index in [4.69, 9.17) is 4.74 Å². The Morgan fingerprint density at radius 1 is 0.912 bits per heavy atom. The van der Waals surface area contributed by atoms with Crippen LogP contribution < -0.4 is 14.4 Å². The van der Waals surface area contributed by atoms with Gasteiger partial charge in [-0.1, -0.05) is 59.9 Å². The van der Waals surface area contributed by atoms with E-state index in [0.717, 1.165) is 16.1 Å². The van der Waals surface area contributed by atoms with Crippen LogP contribution in [0.3, 0.4) is 0 Å². The molecule has 1 N–H and O–H groups in total. The Morgan fingerprint density at radius 3 is 2.12 bits per heavy atom. The first-order valence-electron chi connectivity index (χ1n) is 10.3. The van der Waals surface area contributed by atoms with Gasteiger partial charge in [-0.2, -0.15) is 0 Å². The van der Waals surface area contributed by atoms with Crippen LogP contribution in [0, 0.1) is 0 Å². The number of nitrogens with one attached hydrogen (secondary N) is 1. The van der Waals surface area contributed by atoms with E-state index < -0.39 is 22.0 Å². The highest BCUT2D eigenvalue weighted by molar-refractivity contribution is 7.92. The largest absolute Gasteiger partial charge is 0.457 e. The van der Waals surface area contributed by atoms with Crippen molar-refractivity contribution in [3.05, 3.63) is 84.9 Å². The van der Waals surface area contributed by atoms with Crippen molar-refractivity contribution in [3.63, 3.8) is 0 Å². The van der Waals surface area contributed by atoms with Crippen LogP contribution in [-0.4, -0.2) is 36.8 Å². The maximum absolute atomic E-state index is 12.9. The number of carbonyl (C=O) groups excluding carboxylic acids is 1. The summed E-state index contributed by atoms with van der Waals surface area (Å²) in [6, 6.07) is 24.2. The molecule has 0 unspecified atom stereocenters. The fourth-order valence-corrected chi connectivity index (χ4v) is 5.20. The molecule has 0 spiro atoms. The van der Waals surface area contributed by atoms with E-state index in [1.165, 1.54) is 18.3 Å². The van der Waals surface area contributed by atoms with Gasteiger partial charge < -0.3 is 4.74 Å². The normalized spacial score (nSPS) is 12.1. The van der Waals surface area contributed by atoms with Crippen LogP contribution in [0.4, 0.5) is 10.8 Å². The van der Waals surface area contributed by atoms with Crippen LogP contribution in [0.5, 0.6) is 11.5 Å². The maximum atomic E-state index is 12.9. The van der Waals surface area contributed by atoms with Gasteiger partial charge in [-0.05, 0) is 43.3 Å². The third-order valence-electron chi connectivity index (χ3n) is 4.83. The summed E-state index contributed by atoms with van der Waals surface area (Å²) in [5.74, 6) is 0.684. The molecule has 0 aliphatic rings. The molecule has 1 aromatic heterocycles. The molecule has 174 valence electrons. The molecule has 8 nitrogen and oxygen atoms in total. The Bertz CT molecular complexity index is 1360. The van der Waals surface area contributed by atoms with Gasteiger partial charge in [0.05, 0.1) is 11.9 Å². The Hall–Kier alpha value is -3.76. The molecule has 0 aliphatic carbocycles. The maximum Gasteiger partial charge on any atom is 0.249 e. The van der Waals surface area contributed by atoms with Crippen molar-refractivity contribution >= 4 is 38.1 Å². The average molecular weight is 495 g/mol. The monoisotopic (exact) mass is 494 g/mol. The van der Waals surface area contributed by atoms with Crippen LogP contribution in [0.25, 0.3) is 10.6 Å². The van der Waals surface area contributed by atoms with Crippen molar-refractivity contribution in [2.75, 3.05) is 15.9 Å². The second-order valence-electron chi connectivity index (χ2n) is 7.41. The summed E-state index contributed by atoms with van der Waals surface area (Å²) in [6.07, 6.45) is 1.06. The molecule has 0 saturated heterocycles. The summed E-state index contributed by atoms with van der Waals surface area (Å²) in [5, 5.41) is 11.7. The van der Waals surface area contributed by atoms with E-state index in [1.807, 2.05) is 60.7 Å². The van der Waals surface area contributed by atoms with Gasteiger partial charge in [-0.3, -0.25) is 14.4 Å². The van der Waals surface area contributed by atoms with Crippen molar-refractivity contribution in [1.82, 2.24) is 10.2 Å². The summed E-state index contributed by atoms with van der Waals surface area (Å²) in [5.41, 5.74) is 1.22. The van der Waals surface area contributed by atoms with Crippen LogP contribution >= 0.6 is 11.3 Å². The summed E-state index contributed by atoms with van der Waals surface area (Å²) < 4.78 is 32.0. The molecule has 0 radical (unpaired) electrons. The highest BCUT2D eigenvalue weighted by atomic mass is 32.2. The van der Waals surface area contributed by atoms with Crippen molar-refractivity contribution in [1.29, 1.82) is 0 Å². The number of anilines is 2. The highest BCUT2D eigenvalue weighted by Gasteiger charge is 2.30. The first-order chi connectivity index (χ1) is 16.3. The zero-order valence-electron chi connectivity index (χ0n) is 18.5. The Balaban J connectivity index is 1.50. The number of nitrogens with zero attached hydrogens (tertiary/aromatic N) is 3. The molecule has 4 rings (SSSR count). The second-order valence-corrected chi connectivity index (χ2v) is 10.2. The molecular weight excluding hydrogens is 472 g/mol. The van der Waals surface area contributed by atoms with Crippen LogP contribution in [-0.2, 0) is 14.8 Å². The van der Waals surface area contributed by atoms with E-state index in [0.29, 0.717) is 22.2 Å². The van der Waals surface area contributed by atoms with E-state index >= 15 is 0 Å². The number of hydrogen-bond donors (Lipinski definition) is 1. The van der Waals surface area contributed by atoms with Gasteiger partial charge >= 0.3 is 0 Å². The lowest BCUT2D eigenvalue weighted by Crippen LogP contribution is -2.45. The summed E-state index contributed by atoms with van der Waals surface area (Å²) >= 11 is 1.21. The van der Waals surface area contributed by atoms with Crippen molar-refractivity contribution in [3.8, 4) is 22.1 Å². The van der Waals surface area contributed by atoms with Gasteiger partial charge in [0.15, 0.2) is 0 Å². The minimum Gasteiger partial charge on any atom is -0.457 e. The predicted octanol–water partition coefficient (Wildman–Crippen LogP) is 4.79. The molecule has 0 aliphatic heterocycles. The molecule has 0 saturated carbocycles. The zero-order chi connectivity index (χ0) is 24.1. The number of rotatable bonds is 8. The number of benzene rings is 3. The number of sulfonamides is 1. The Labute approximate surface area is 201 Å². The molecule has 1 amide bonds. The number of amides is 1. The minimum atomic E-state index is -3.76. The number of para-hydroxylation sites is 1. The fourth-order valence-electron chi connectivity index (χ4n) is 3.28. The number of aromatic nitrogens is 2. The van der Waals surface area contributed by atoms with Gasteiger partial charge in [0.2, 0.25) is 21.1 Å². The lowest BCUT2D eigenvalue weighted by Gasteiger charge is -2.28. The predicted molar refractivity (Wildman–Crippen MR) is 134 cm³/mol. The smallest absolute Gasteiger partial charge is 0.249 e. The summed E-state index contributed by atoms with van der Waals surface area (Å²) in [7, 11) is -3.76. The standard InChI is InChI=1S/C24H22N4O4S2/c1-17(22(29)25-24-27-26-23(33-24)18-9-5-3-6-10-18)28(34(2,30)31)19-13-15-21(16-14-19)32-20-11-7-4-8-12-20/h3-17H,1-2H3,(H,25,27,29)/t17-/m0/s1. The Kier molecular flexibility index (Phi) is 6.90. The summed E-state index contributed by atoms with van der Waals surface area (Å²) in [4.78, 5) is 12.9. The molecular formula is C24H22N4O4S2. The number of carbonyl (C=O) groups is 1. The van der Waals surface area contributed by atoms with E-state index in [-0.39, 0.29) is 5.13 Å². The molecule has 4 aromatic rings. The fraction of sp³-hybridized carbons (Fsp3) is 0.125. The quantitative estimate of drug-likeness (QED) is 0.378. The van der Waals surface area contributed by atoms with Gasteiger partial charge in [0.25, 0.3) is 0 Å². The molecule has 10 heteroatoms. The summed E-state index contributed by atoms with van der Waals surface area (Å²) in [6.45, 7) is 1.52. The molecule has 1 heterocycles. The van der Waals surface area contributed by atoms with Gasteiger partial charge in [-0.25, -0.2) is 8.42 Å². The first kappa shape index (κ1) is 23.4. The topological polar surface area (TPSA) is 101 Å². The van der Waals surface area contributed by atoms with Crippen molar-refractivity contribution in [2.24, 2.45) is 0 Å². The van der Waals surface area contributed by atoms with Gasteiger partial charge in [0, 0.05) is 5.56 Å². The first-order valence-corrected chi connectivity index (χ1v) is 13.0. The van der Waals surface area contributed by atoms with Crippen molar-refractivity contribution < 1.29 is 17.9 Å². The Morgan fingerprint density at radius 2 is 1.50 bits per heavy atom.